The number of carbonyl (C=O) groups is 6. The molecule has 1 aromatic rings. The second-order valence-electron chi connectivity index (χ2n) is 9.31. The molecule has 210 valence electrons. The average Bonchev–Trinajstić information content (AvgIpc) is 2.83. The minimum atomic E-state index is -1.56. The fourth-order valence-corrected chi connectivity index (χ4v) is 3.55. The van der Waals surface area contributed by atoms with Crippen LogP contribution in [0.3, 0.4) is 0 Å². The van der Waals surface area contributed by atoms with Crippen LogP contribution < -0.4 is 21.7 Å². The molecule has 13 nitrogen and oxygen atoms in total. The van der Waals surface area contributed by atoms with Crippen LogP contribution in [0.1, 0.15) is 51.5 Å². The van der Waals surface area contributed by atoms with Gasteiger partial charge in [0, 0.05) is 12.8 Å². The molecule has 0 heterocycles. The Kier molecular flexibility index (Phi) is 13.5. The van der Waals surface area contributed by atoms with Gasteiger partial charge in [-0.2, -0.15) is 0 Å². The van der Waals surface area contributed by atoms with Crippen molar-refractivity contribution in [3.8, 4) is 0 Å². The van der Waals surface area contributed by atoms with Gasteiger partial charge in [-0.3, -0.25) is 24.0 Å². The molecule has 0 bridgehead atoms. The zero-order chi connectivity index (χ0) is 28.8. The minimum Gasteiger partial charge on any atom is -0.481 e. The summed E-state index contributed by atoms with van der Waals surface area (Å²) in [5, 5.41) is 34.3. The first-order valence-electron chi connectivity index (χ1n) is 12.2. The summed E-state index contributed by atoms with van der Waals surface area (Å²) >= 11 is 0. The molecule has 0 saturated heterocycles. The SMILES string of the molecule is CC(C)CC(NC(=O)C(N)Cc1ccccc1)C(=O)NC(CCC(=O)O)C(=O)NC(CCC(=O)O)C(=O)O. The van der Waals surface area contributed by atoms with E-state index in [1.165, 1.54) is 0 Å². The molecule has 0 aliphatic carbocycles. The smallest absolute Gasteiger partial charge is 0.326 e. The maximum atomic E-state index is 13.1. The van der Waals surface area contributed by atoms with E-state index >= 15 is 0 Å². The summed E-state index contributed by atoms with van der Waals surface area (Å²) in [7, 11) is 0. The molecule has 13 heteroatoms. The van der Waals surface area contributed by atoms with Gasteiger partial charge in [-0.25, -0.2) is 4.79 Å². The predicted octanol–water partition coefficient (Wildman–Crippen LogP) is -0.129. The molecular weight excluding hydrogens is 500 g/mol. The fraction of sp³-hybridized carbons (Fsp3) is 0.520. The summed E-state index contributed by atoms with van der Waals surface area (Å²) in [6.07, 6.45) is -1.43. The Hall–Kier alpha value is -4.00. The molecule has 0 aromatic heterocycles. The first-order valence-corrected chi connectivity index (χ1v) is 12.2. The Labute approximate surface area is 220 Å². The molecule has 3 amide bonds. The van der Waals surface area contributed by atoms with Crippen LogP contribution in [0.2, 0.25) is 0 Å². The van der Waals surface area contributed by atoms with Gasteiger partial charge >= 0.3 is 17.9 Å². The van der Waals surface area contributed by atoms with Crippen molar-refractivity contribution in [1.82, 2.24) is 16.0 Å². The number of carboxylic acid groups (broad SMARTS) is 3. The zero-order valence-electron chi connectivity index (χ0n) is 21.4. The quantitative estimate of drug-likeness (QED) is 0.140. The van der Waals surface area contributed by atoms with Gasteiger partial charge in [0.05, 0.1) is 6.04 Å². The lowest BCUT2D eigenvalue weighted by Crippen LogP contribution is -2.57. The van der Waals surface area contributed by atoms with Crippen LogP contribution >= 0.6 is 0 Å². The van der Waals surface area contributed by atoms with Crippen LogP contribution in [-0.2, 0) is 35.2 Å². The van der Waals surface area contributed by atoms with E-state index in [9.17, 15) is 33.9 Å². The minimum absolute atomic E-state index is 0.0601. The van der Waals surface area contributed by atoms with Crippen LogP contribution in [0.25, 0.3) is 0 Å². The van der Waals surface area contributed by atoms with E-state index in [1.807, 2.05) is 19.9 Å². The van der Waals surface area contributed by atoms with Crippen LogP contribution in [-0.4, -0.2) is 75.1 Å². The average molecular weight is 537 g/mol. The van der Waals surface area contributed by atoms with E-state index in [4.69, 9.17) is 15.9 Å². The van der Waals surface area contributed by atoms with Crippen molar-refractivity contribution in [3.63, 3.8) is 0 Å². The van der Waals surface area contributed by atoms with Gasteiger partial charge in [0.1, 0.15) is 18.1 Å². The van der Waals surface area contributed by atoms with Gasteiger partial charge in [-0.05, 0) is 37.2 Å². The molecule has 0 aliphatic rings. The van der Waals surface area contributed by atoms with E-state index in [2.05, 4.69) is 16.0 Å². The number of hydrogen-bond acceptors (Lipinski definition) is 7. The molecule has 1 aromatic carbocycles. The summed E-state index contributed by atoms with van der Waals surface area (Å²) < 4.78 is 0. The first kappa shape index (κ1) is 32.0. The summed E-state index contributed by atoms with van der Waals surface area (Å²) in [5.41, 5.74) is 6.84. The Bertz CT molecular complexity index is 984. The van der Waals surface area contributed by atoms with Gasteiger partial charge in [-0.15, -0.1) is 0 Å². The maximum absolute atomic E-state index is 13.1. The summed E-state index contributed by atoms with van der Waals surface area (Å²) in [5.74, 6) is -6.43. The van der Waals surface area contributed by atoms with Crippen LogP contribution in [0.5, 0.6) is 0 Å². The van der Waals surface area contributed by atoms with Gasteiger partial charge in [-0.1, -0.05) is 44.2 Å². The number of amides is 3. The number of aliphatic carboxylic acids is 3. The predicted molar refractivity (Wildman–Crippen MR) is 135 cm³/mol. The lowest BCUT2D eigenvalue weighted by molar-refractivity contribution is -0.144. The van der Waals surface area contributed by atoms with Crippen molar-refractivity contribution in [2.75, 3.05) is 0 Å². The van der Waals surface area contributed by atoms with E-state index in [0.29, 0.717) is 0 Å². The Morgan fingerprint density at radius 1 is 0.737 bits per heavy atom. The van der Waals surface area contributed by atoms with Gasteiger partial charge < -0.3 is 37.0 Å². The zero-order valence-corrected chi connectivity index (χ0v) is 21.4. The number of carboxylic acids is 3. The Balaban J connectivity index is 2.99. The highest BCUT2D eigenvalue weighted by atomic mass is 16.4. The van der Waals surface area contributed by atoms with Gasteiger partial charge in [0.2, 0.25) is 17.7 Å². The normalized spacial score (nSPS) is 14.0. The number of rotatable bonds is 17. The van der Waals surface area contributed by atoms with Crippen molar-refractivity contribution < 1.29 is 44.1 Å². The molecule has 0 radical (unpaired) electrons. The van der Waals surface area contributed by atoms with E-state index < -0.39 is 79.1 Å². The van der Waals surface area contributed by atoms with Crippen molar-refractivity contribution in [2.45, 2.75) is 76.5 Å². The van der Waals surface area contributed by atoms with Crippen molar-refractivity contribution in [1.29, 1.82) is 0 Å². The van der Waals surface area contributed by atoms with Crippen molar-refractivity contribution in [2.24, 2.45) is 11.7 Å². The lowest BCUT2D eigenvalue weighted by atomic mass is 10.0. The Morgan fingerprint density at radius 2 is 1.21 bits per heavy atom. The largest absolute Gasteiger partial charge is 0.481 e. The molecule has 4 atom stereocenters. The van der Waals surface area contributed by atoms with Crippen molar-refractivity contribution >= 4 is 35.6 Å². The van der Waals surface area contributed by atoms with Gasteiger partial charge in [0.25, 0.3) is 0 Å². The number of hydrogen-bond donors (Lipinski definition) is 7. The number of benzene rings is 1. The molecule has 0 spiro atoms. The number of nitrogens with one attached hydrogen (secondary N) is 3. The lowest BCUT2D eigenvalue weighted by Gasteiger charge is -2.26. The third kappa shape index (κ3) is 12.3. The highest BCUT2D eigenvalue weighted by Crippen LogP contribution is 2.09. The second-order valence-corrected chi connectivity index (χ2v) is 9.31. The molecule has 38 heavy (non-hydrogen) atoms. The van der Waals surface area contributed by atoms with Crippen LogP contribution in [0.4, 0.5) is 0 Å². The maximum Gasteiger partial charge on any atom is 0.326 e. The summed E-state index contributed by atoms with van der Waals surface area (Å²) in [6, 6.07) is 3.94. The third-order valence-corrected chi connectivity index (χ3v) is 5.52. The molecule has 4 unspecified atom stereocenters. The Morgan fingerprint density at radius 3 is 1.71 bits per heavy atom. The van der Waals surface area contributed by atoms with Gasteiger partial charge in [0.15, 0.2) is 0 Å². The highest BCUT2D eigenvalue weighted by Gasteiger charge is 2.31. The molecular formula is C25H36N4O9. The molecule has 0 saturated carbocycles. The van der Waals surface area contributed by atoms with Crippen LogP contribution in [0.15, 0.2) is 30.3 Å². The topological polar surface area (TPSA) is 225 Å². The highest BCUT2D eigenvalue weighted by molar-refractivity contribution is 5.94. The fourth-order valence-electron chi connectivity index (χ4n) is 3.55. The summed E-state index contributed by atoms with van der Waals surface area (Å²) in [6.45, 7) is 3.62. The van der Waals surface area contributed by atoms with E-state index in [1.54, 1.807) is 24.3 Å². The first-order chi connectivity index (χ1) is 17.8. The number of nitrogens with two attached hydrogens (primary N) is 1. The van der Waals surface area contributed by atoms with Crippen molar-refractivity contribution in [3.05, 3.63) is 35.9 Å². The van der Waals surface area contributed by atoms with Crippen LogP contribution in [0, 0.1) is 5.92 Å². The molecule has 0 fully saturated rings. The molecule has 0 aliphatic heterocycles. The monoisotopic (exact) mass is 536 g/mol. The second kappa shape index (κ2) is 16.0. The molecule has 8 N–H and O–H groups in total. The standard InChI is InChI=1S/C25H36N4O9/c1-14(2)12-19(29-22(34)16(26)13-15-6-4-3-5-7-15)24(36)27-17(8-10-20(30)31)23(35)28-18(25(37)38)9-11-21(32)33/h3-7,14,16-19H,8-13,26H2,1-2H3,(H,27,36)(H,28,35)(H,29,34)(H,30,31)(H,32,33)(H,37,38). The van der Waals surface area contributed by atoms with E-state index in [-0.39, 0.29) is 25.2 Å². The molecule has 1 rings (SSSR count). The summed E-state index contributed by atoms with van der Waals surface area (Å²) in [4.78, 5) is 72.0. The third-order valence-electron chi connectivity index (χ3n) is 5.52. The van der Waals surface area contributed by atoms with E-state index in [0.717, 1.165) is 5.56 Å². The number of carbonyl (C=O) groups excluding carboxylic acids is 3.